The number of hydrogen-bond acceptors (Lipinski definition) is 2. The van der Waals surface area contributed by atoms with Crippen molar-refractivity contribution in [1.29, 1.82) is 0 Å². The van der Waals surface area contributed by atoms with E-state index in [0.29, 0.717) is 17.9 Å². The average Bonchev–Trinajstić information content (AvgIpc) is 2.39. The van der Waals surface area contributed by atoms with Gasteiger partial charge in [-0.05, 0) is 6.42 Å². The van der Waals surface area contributed by atoms with Crippen LogP contribution in [0.15, 0.2) is 43.0 Å². The molecule has 2 nitrogen and oxygen atoms in total. The van der Waals surface area contributed by atoms with Gasteiger partial charge in [0.2, 0.25) is 5.52 Å². The Kier molecular flexibility index (Phi) is 6.07. The smallest absolute Gasteiger partial charge is 0.221 e. The molecule has 0 fully saturated rings. The number of carbonyl (C=O) groups is 1. The highest BCUT2D eigenvalue weighted by Crippen LogP contribution is 2.49. The van der Waals surface area contributed by atoms with E-state index in [4.69, 9.17) is 0 Å². The molecule has 1 unspecified atom stereocenters. The van der Waals surface area contributed by atoms with Crippen LogP contribution in [0.5, 0.6) is 0 Å². The first-order valence-electron chi connectivity index (χ1n) is 6.43. The summed E-state index contributed by atoms with van der Waals surface area (Å²) in [7, 11) is -2.82. The Morgan fingerprint density at radius 2 is 1.94 bits per heavy atom. The third-order valence-electron chi connectivity index (χ3n) is 2.94. The van der Waals surface area contributed by atoms with Crippen LogP contribution in [0.4, 0.5) is 0 Å². The monoisotopic (exact) mass is 264 g/mol. The summed E-state index contributed by atoms with van der Waals surface area (Å²) in [6.45, 7) is 5.72. The van der Waals surface area contributed by atoms with Crippen LogP contribution in [-0.2, 0) is 4.57 Å². The summed E-state index contributed by atoms with van der Waals surface area (Å²) in [5.74, 6) is 0. The van der Waals surface area contributed by atoms with Gasteiger partial charge < -0.3 is 4.57 Å². The molecule has 1 rings (SSSR count). The summed E-state index contributed by atoms with van der Waals surface area (Å²) < 4.78 is 12.8. The standard InChI is InChI=1S/C15H21O2P/c1-3-5-9-13-18(17,12-4-2)15(16)14-10-7-6-8-11-14/h4,6-8,10-11H,2-3,5,9,12-13H2,1H3. The molecular weight excluding hydrogens is 243 g/mol. The molecule has 0 aliphatic rings. The van der Waals surface area contributed by atoms with Gasteiger partial charge in [0.25, 0.3) is 0 Å². The number of allylic oxidation sites excluding steroid dienone is 1. The van der Waals surface area contributed by atoms with Crippen molar-refractivity contribution >= 4 is 12.7 Å². The van der Waals surface area contributed by atoms with Crippen molar-refractivity contribution < 1.29 is 9.36 Å². The zero-order valence-corrected chi connectivity index (χ0v) is 11.9. The molecule has 0 heterocycles. The van der Waals surface area contributed by atoms with Crippen LogP contribution in [0.3, 0.4) is 0 Å². The Morgan fingerprint density at radius 3 is 2.50 bits per heavy atom. The van der Waals surface area contributed by atoms with Crippen molar-refractivity contribution in [3.8, 4) is 0 Å². The summed E-state index contributed by atoms with van der Waals surface area (Å²) in [6.07, 6.45) is 5.34. The van der Waals surface area contributed by atoms with E-state index in [1.54, 1.807) is 30.3 Å². The van der Waals surface area contributed by atoms with E-state index in [2.05, 4.69) is 13.5 Å². The summed E-state index contributed by atoms with van der Waals surface area (Å²) in [4.78, 5) is 12.3. The average molecular weight is 264 g/mol. The molecule has 3 heteroatoms. The molecular formula is C15H21O2P. The highest BCUT2D eigenvalue weighted by molar-refractivity contribution is 7.81. The van der Waals surface area contributed by atoms with Gasteiger partial charge in [0.05, 0.1) is 0 Å². The Bertz CT molecular complexity index is 437. The van der Waals surface area contributed by atoms with Gasteiger partial charge >= 0.3 is 0 Å². The maximum Gasteiger partial charge on any atom is 0.221 e. The van der Waals surface area contributed by atoms with Gasteiger partial charge in [-0.25, -0.2) is 0 Å². The minimum absolute atomic E-state index is 0.195. The molecule has 0 saturated heterocycles. The molecule has 0 spiro atoms. The lowest BCUT2D eigenvalue weighted by atomic mass is 10.2. The molecule has 0 N–H and O–H groups in total. The summed E-state index contributed by atoms with van der Waals surface area (Å²) in [5, 5.41) is 0. The second-order valence-corrected chi connectivity index (χ2v) is 7.46. The van der Waals surface area contributed by atoms with E-state index < -0.39 is 7.14 Å². The Labute approximate surface area is 109 Å². The fourth-order valence-corrected chi connectivity index (χ4v) is 4.24. The van der Waals surface area contributed by atoms with E-state index in [0.717, 1.165) is 19.3 Å². The van der Waals surface area contributed by atoms with Gasteiger partial charge in [-0.15, -0.1) is 6.58 Å². The lowest BCUT2D eigenvalue weighted by molar-refractivity contribution is 0.107. The summed E-state index contributed by atoms with van der Waals surface area (Å²) in [6, 6.07) is 8.93. The summed E-state index contributed by atoms with van der Waals surface area (Å²) >= 11 is 0. The highest BCUT2D eigenvalue weighted by atomic mass is 31.2. The molecule has 0 bridgehead atoms. The van der Waals surface area contributed by atoms with Gasteiger partial charge in [-0.2, -0.15) is 0 Å². The van der Waals surface area contributed by atoms with E-state index in [1.165, 1.54) is 0 Å². The fourth-order valence-electron chi connectivity index (χ4n) is 1.92. The molecule has 0 aromatic heterocycles. The molecule has 0 saturated carbocycles. The van der Waals surface area contributed by atoms with Crippen LogP contribution < -0.4 is 0 Å². The number of benzene rings is 1. The van der Waals surface area contributed by atoms with Crippen LogP contribution in [0.1, 0.15) is 36.5 Å². The molecule has 1 aromatic carbocycles. The van der Waals surface area contributed by atoms with Gasteiger partial charge in [-0.1, -0.05) is 56.2 Å². The molecule has 98 valence electrons. The topological polar surface area (TPSA) is 34.1 Å². The third kappa shape index (κ3) is 3.96. The minimum atomic E-state index is -2.82. The number of carbonyl (C=O) groups excluding carboxylic acids is 1. The maximum atomic E-state index is 12.8. The number of rotatable bonds is 8. The molecule has 0 radical (unpaired) electrons. The van der Waals surface area contributed by atoms with E-state index in [-0.39, 0.29) is 5.52 Å². The van der Waals surface area contributed by atoms with Crippen LogP contribution >= 0.6 is 7.14 Å². The zero-order valence-electron chi connectivity index (χ0n) is 11.0. The van der Waals surface area contributed by atoms with Crippen molar-refractivity contribution in [3.05, 3.63) is 48.6 Å². The van der Waals surface area contributed by atoms with Crippen LogP contribution in [-0.4, -0.2) is 17.8 Å². The predicted octanol–water partition coefficient (Wildman–Crippen LogP) is 4.57. The normalized spacial score (nSPS) is 13.8. The van der Waals surface area contributed by atoms with Crippen molar-refractivity contribution in [1.82, 2.24) is 0 Å². The van der Waals surface area contributed by atoms with Crippen molar-refractivity contribution in [3.63, 3.8) is 0 Å². The Morgan fingerprint density at radius 1 is 1.28 bits per heavy atom. The SMILES string of the molecule is C=CCP(=O)(CCCCC)C(=O)c1ccccc1. The first-order chi connectivity index (χ1) is 8.64. The molecule has 1 aromatic rings. The van der Waals surface area contributed by atoms with Crippen LogP contribution in [0, 0.1) is 0 Å². The van der Waals surface area contributed by atoms with Gasteiger partial charge in [0, 0.05) is 17.9 Å². The largest absolute Gasteiger partial charge is 0.315 e. The van der Waals surface area contributed by atoms with Crippen LogP contribution in [0.2, 0.25) is 0 Å². The lowest BCUT2D eigenvalue weighted by Crippen LogP contribution is -2.07. The second-order valence-electron chi connectivity index (χ2n) is 4.46. The zero-order chi connectivity index (χ0) is 13.4. The highest BCUT2D eigenvalue weighted by Gasteiger charge is 2.30. The third-order valence-corrected chi connectivity index (χ3v) is 5.82. The van der Waals surface area contributed by atoms with Crippen molar-refractivity contribution in [2.24, 2.45) is 0 Å². The molecule has 18 heavy (non-hydrogen) atoms. The quantitative estimate of drug-likeness (QED) is 0.391. The van der Waals surface area contributed by atoms with Crippen LogP contribution in [0.25, 0.3) is 0 Å². The van der Waals surface area contributed by atoms with Crippen molar-refractivity contribution in [2.45, 2.75) is 26.2 Å². The maximum absolute atomic E-state index is 12.8. The Balaban J connectivity index is 2.87. The van der Waals surface area contributed by atoms with E-state index in [1.807, 2.05) is 6.07 Å². The molecule has 1 atom stereocenters. The van der Waals surface area contributed by atoms with Gasteiger partial charge in [-0.3, -0.25) is 4.79 Å². The second kappa shape index (κ2) is 7.33. The van der Waals surface area contributed by atoms with Gasteiger partial charge in [0.15, 0.2) is 7.14 Å². The van der Waals surface area contributed by atoms with E-state index >= 15 is 0 Å². The number of unbranched alkanes of at least 4 members (excludes halogenated alkanes) is 2. The minimum Gasteiger partial charge on any atom is -0.315 e. The molecule has 0 aliphatic heterocycles. The van der Waals surface area contributed by atoms with Gasteiger partial charge in [0.1, 0.15) is 0 Å². The number of hydrogen-bond donors (Lipinski definition) is 0. The molecule has 0 amide bonds. The fraction of sp³-hybridized carbons (Fsp3) is 0.400. The molecule has 0 aliphatic carbocycles. The Hall–Kier alpha value is -1.14. The predicted molar refractivity (Wildman–Crippen MR) is 77.8 cm³/mol. The van der Waals surface area contributed by atoms with E-state index in [9.17, 15) is 9.36 Å². The lowest BCUT2D eigenvalue weighted by Gasteiger charge is -2.15. The van der Waals surface area contributed by atoms with Crippen molar-refractivity contribution in [2.75, 3.05) is 12.3 Å². The first kappa shape index (κ1) is 14.9. The first-order valence-corrected chi connectivity index (χ1v) is 8.50. The summed E-state index contributed by atoms with van der Waals surface area (Å²) in [5.41, 5.74) is 0.360.